The van der Waals surface area contributed by atoms with Gasteiger partial charge in [-0.2, -0.15) is 0 Å². The Kier molecular flexibility index (Phi) is 4.31. The van der Waals surface area contributed by atoms with Crippen LogP contribution in [0.5, 0.6) is 0 Å². The van der Waals surface area contributed by atoms with Crippen molar-refractivity contribution in [2.45, 2.75) is 18.3 Å². The summed E-state index contributed by atoms with van der Waals surface area (Å²) in [4.78, 5) is 22.1. The van der Waals surface area contributed by atoms with Crippen LogP contribution < -0.4 is 5.32 Å². The molecule has 1 rings (SSSR count). The fraction of sp³-hybridized carbons (Fsp3) is 0.273. The Balaban J connectivity index is 2.65. The average molecular weight is 242 g/mol. The molecule has 0 fully saturated rings. The molecule has 0 bridgehead atoms. The summed E-state index contributed by atoms with van der Waals surface area (Å²) >= 11 is 5.90. The molecule has 2 N–H and O–H groups in total. The molecule has 0 aliphatic heterocycles. The van der Waals surface area contributed by atoms with E-state index in [9.17, 15) is 9.59 Å². The number of rotatable bonds is 4. The highest BCUT2D eigenvalue weighted by Gasteiger charge is 2.21. The van der Waals surface area contributed by atoms with E-state index in [0.717, 1.165) is 0 Å². The fourth-order valence-electron chi connectivity index (χ4n) is 1.12. The van der Waals surface area contributed by atoms with Gasteiger partial charge in [0.1, 0.15) is 11.4 Å². The van der Waals surface area contributed by atoms with Gasteiger partial charge in [-0.15, -0.1) is 11.6 Å². The van der Waals surface area contributed by atoms with Crippen LogP contribution in [-0.4, -0.2) is 23.0 Å². The molecule has 1 amide bonds. The fourth-order valence-corrected chi connectivity index (χ4v) is 1.33. The van der Waals surface area contributed by atoms with E-state index in [1.165, 1.54) is 6.92 Å². The molecule has 5 heteroatoms. The van der Waals surface area contributed by atoms with Gasteiger partial charge >= 0.3 is 5.97 Å². The van der Waals surface area contributed by atoms with Crippen LogP contribution in [0.2, 0.25) is 0 Å². The molecule has 0 saturated carbocycles. The summed E-state index contributed by atoms with van der Waals surface area (Å²) in [6.07, 6.45) is 0. The summed E-state index contributed by atoms with van der Waals surface area (Å²) in [5.74, 6) is -1.60. The molecule has 4 nitrogen and oxygen atoms in total. The number of benzene rings is 1. The van der Waals surface area contributed by atoms with E-state index in [4.69, 9.17) is 16.7 Å². The van der Waals surface area contributed by atoms with Gasteiger partial charge in [0.25, 0.3) is 0 Å². The van der Waals surface area contributed by atoms with Crippen LogP contribution in [0.4, 0.5) is 0 Å². The summed E-state index contributed by atoms with van der Waals surface area (Å²) in [5.41, 5.74) is 0.638. The lowest BCUT2D eigenvalue weighted by Crippen LogP contribution is -2.39. The predicted molar refractivity (Wildman–Crippen MR) is 60.3 cm³/mol. The van der Waals surface area contributed by atoms with Crippen LogP contribution in [0.3, 0.4) is 0 Å². The van der Waals surface area contributed by atoms with Crippen molar-refractivity contribution < 1.29 is 14.7 Å². The van der Waals surface area contributed by atoms with Gasteiger partial charge in [-0.3, -0.25) is 9.59 Å². The number of hydrogen-bond donors (Lipinski definition) is 2. The van der Waals surface area contributed by atoms with Gasteiger partial charge in [0.05, 0.1) is 0 Å². The molecule has 0 radical (unpaired) electrons. The number of halogens is 1. The first-order valence-corrected chi connectivity index (χ1v) is 5.18. The number of carbonyl (C=O) groups is 2. The van der Waals surface area contributed by atoms with Crippen molar-refractivity contribution in [1.29, 1.82) is 0 Å². The van der Waals surface area contributed by atoms with Gasteiger partial charge in [0.2, 0.25) is 5.91 Å². The smallest absolute Gasteiger partial charge is 0.325 e. The molecule has 86 valence electrons. The first kappa shape index (κ1) is 12.5. The van der Waals surface area contributed by atoms with Crippen molar-refractivity contribution in [3.05, 3.63) is 35.9 Å². The third-order valence-electron chi connectivity index (χ3n) is 2.05. The first-order valence-electron chi connectivity index (χ1n) is 4.74. The number of nitrogens with one attached hydrogen (secondary N) is 1. The summed E-state index contributed by atoms with van der Waals surface area (Å²) in [5, 5.41) is 10.1. The Morgan fingerprint density at radius 3 is 2.38 bits per heavy atom. The second-order valence-corrected chi connectivity index (χ2v) is 3.78. The quantitative estimate of drug-likeness (QED) is 0.786. The second kappa shape index (κ2) is 5.51. The molecule has 0 spiro atoms. The maximum absolute atomic E-state index is 11.6. The van der Waals surface area contributed by atoms with Gasteiger partial charge in [-0.1, -0.05) is 30.3 Å². The molecule has 2 atom stereocenters. The van der Waals surface area contributed by atoms with Gasteiger partial charge in [-0.05, 0) is 12.5 Å². The average Bonchev–Trinajstić information content (AvgIpc) is 2.28. The lowest BCUT2D eigenvalue weighted by Gasteiger charge is -2.13. The minimum absolute atomic E-state index is 0.511. The minimum Gasteiger partial charge on any atom is -0.480 e. The van der Waals surface area contributed by atoms with E-state index in [1.54, 1.807) is 24.3 Å². The Morgan fingerprint density at radius 2 is 1.88 bits per heavy atom. The maximum atomic E-state index is 11.6. The molecule has 0 saturated heterocycles. The molecule has 16 heavy (non-hydrogen) atoms. The molecule has 1 aromatic carbocycles. The summed E-state index contributed by atoms with van der Waals surface area (Å²) < 4.78 is 0. The molecular weight excluding hydrogens is 230 g/mol. The molecular formula is C11H12ClNO3. The number of carboxylic acids is 1. The van der Waals surface area contributed by atoms with Crippen LogP contribution in [0.25, 0.3) is 0 Å². The summed E-state index contributed by atoms with van der Waals surface area (Å²) in [7, 11) is 0. The topological polar surface area (TPSA) is 66.4 Å². The number of carbonyl (C=O) groups excluding carboxylic acids is 1. The van der Waals surface area contributed by atoms with E-state index < -0.39 is 23.3 Å². The number of alkyl halides is 1. The van der Waals surface area contributed by atoms with Crippen molar-refractivity contribution in [2.24, 2.45) is 0 Å². The standard InChI is InChI=1S/C11H12ClNO3/c1-7(11(15)16)13-10(14)9(12)8-5-3-2-4-6-8/h2-7,9H,1H3,(H,13,14)(H,15,16)/t7-,9?/m0/s1. The van der Waals surface area contributed by atoms with Gasteiger partial charge in [0, 0.05) is 0 Å². The largest absolute Gasteiger partial charge is 0.480 e. The maximum Gasteiger partial charge on any atom is 0.325 e. The zero-order valence-corrected chi connectivity index (χ0v) is 9.44. The molecule has 0 aliphatic carbocycles. The highest BCUT2D eigenvalue weighted by Crippen LogP contribution is 2.19. The first-order chi connectivity index (χ1) is 7.52. The zero-order chi connectivity index (χ0) is 12.1. The Hall–Kier alpha value is -1.55. The SMILES string of the molecule is C[C@H](NC(=O)C(Cl)c1ccccc1)C(=O)O. The molecule has 0 aliphatic rings. The Labute approximate surface area is 98.2 Å². The van der Waals surface area contributed by atoms with E-state index in [2.05, 4.69) is 5.32 Å². The lowest BCUT2D eigenvalue weighted by atomic mass is 10.1. The van der Waals surface area contributed by atoms with Crippen molar-refractivity contribution in [2.75, 3.05) is 0 Å². The molecule has 0 heterocycles. The molecule has 1 unspecified atom stereocenters. The van der Waals surface area contributed by atoms with Crippen molar-refractivity contribution in [3.8, 4) is 0 Å². The van der Waals surface area contributed by atoms with E-state index in [1.807, 2.05) is 6.07 Å². The van der Waals surface area contributed by atoms with Gasteiger partial charge < -0.3 is 10.4 Å². The normalized spacial score (nSPS) is 13.9. The van der Waals surface area contributed by atoms with Crippen LogP contribution >= 0.6 is 11.6 Å². The van der Waals surface area contributed by atoms with Gasteiger partial charge in [-0.25, -0.2) is 0 Å². The van der Waals surface area contributed by atoms with Crippen LogP contribution in [0.1, 0.15) is 17.9 Å². The highest BCUT2D eigenvalue weighted by molar-refractivity contribution is 6.30. The van der Waals surface area contributed by atoms with Crippen LogP contribution in [0, 0.1) is 0 Å². The predicted octanol–water partition coefficient (Wildman–Crippen LogP) is 1.56. The zero-order valence-electron chi connectivity index (χ0n) is 8.68. The Morgan fingerprint density at radius 1 is 1.31 bits per heavy atom. The van der Waals surface area contributed by atoms with E-state index >= 15 is 0 Å². The Bertz CT molecular complexity index is 380. The van der Waals surface area contributed by atoms with Gasteiger partial charge in [0.15, 0.2) is 0 Å². The summed E-state index contributed by atoms with van der Waals surface area (Å²) in [6.45, 7) is 1.38. The van der Waals surface area contributed by atoms with Crippen LogP contribution in [-0.2, 0) is 9.59 Å². The lowest BCUT2D eigenvalue weighted by molar-refractivity contribution is -0.141. The number of aliphatic carboxylic acids is 1. The molecule has 0 aromatic heterocycles. The van der Waals surface area contributed by atoms with E-state index in [0.29, 0.717) is 5.56 Å². The van der Waals surface area contributed by atoms with Crippen molar-refractivity contribution in [1.82, 2.24) is 5.32 Å². The second-order valence-electron chi connectivity index (χ2n) is 3.34. The summed E-state index contributed by atoms with van der Waals surface area (Å²) in [6, 6.07) is 7.81. The third kappa shape index (κ3) is 3.24. The van der Waals surface area contributed by atoms with E-state index in [-0.39, 0.29) is 0 Å². The number of hydrogen-bond acceptors (Lipinski definition) is 2. The highest BCUT2D eigenvalue weighted by atomic mass is 35.5. The number of carboxylic acid groups (broad SMARTS) is 1. The number of amides is 1. The van der Waals surface area contributed by atoms with Crippen molar-refractivity contribution >= 4 is 23.5 Å². The third-order valence-corrected chi connectivity index (χ3v) is 2.50. The van der Waals surface area contributed by atoms with Crippen LogP contribution in [0.15, 0.2) is 30.3 Å². The van der Waals surface area contributed by atoms with Crippen molar-refractivity contribution in [3.63, 3.8) is 0 Å². The monoisotopic (exact) mass is 241 g/mol. The minimum atomic E-state index is -1.09. The molecule has 1 aromatic rings.